The summed E-state index contributed by atoms with van der Waals surface area (Å²) >= 11 is 0. The van der Waals surface area contributed by atoms with Gasteiger partial charge in [-0.1, -0.05) is 19.8 Å². The summed E-state index contributed by atoms with van der Waals surface area (Å²) < 4.78 is 5.07. The molecule has 1 aliphatic heterocycles. The zero-order valence-corrected chi connectivity index (χ0v) is 10.3. The summed E-state index contributed by atoms with van der Waals surface area (Å²) in [4.78, 5) is 14.4. The monoisotopic (exact) mass is 226 g/mol. The van der Waals surface area contributed by atoms with E-state index in [1.165, 1.54) is 12.8 Å². The molecule has 1 unspecified atom stereocenters. The fraction of sp³-hybridized carbons (Fsp3) is 0.917. The van der Waals surface area contributed by atoms with Crippen molar-refractivity contribution >= 4 is 5.91 Å². The summed E-state index contributed by atoms with van der Waals surface area (Å²) in [5, 5.41) is 3.55. The molecule has 1 N–H and O–H groups in total. The van der Waals surface area contributed by atoms with Crippen LogP contribution in [0, 0.1) is 0 Å². The second-order valence-corrected chi connectivity index (χ2v) is 4.85. The zero-order valence-electron chi connectivity index (χ0n) is 10.3. The smallest absolute Gasteiger partial charge is 0.244 e. The number of hydrogen-bond acceptors (Lipinski definition) is 3. The lowest BCUT2D eigenvalue weighted by Crippen LogP contribution is -2.44. The Balaban J connectivity index is 2.08. The summed E-state index contributed by atoms with van der Waals surface area (Å²) in [5.41, 5.74) is -0.228. The molecule has 92 valence electrons. The van der Waals surface area contributed by atoms with Gasteiger partial charge in [-0.3, -0.25) is 10.1 Å². The molecule has 0 aromatic carbocycles. The molecule has 1 spiro atoms. The van der Waals surface area contributed by atoms with E-state index in [9.17, 15) is 4.79 Å². The standard InChI is InChI=1S/C12H22N2O2/c1-3-10-13-12(6-4-5-7-12)11(15)14(10)8-9-16-2/h10,13H,3-9H2,1-2H3. The molecule has 2 fully saturated rings. The average Bonchev–Trinajstić information content (AvgIpc) is 2.86. The van der Waals surface area contributed by atoms with Crippen molar-refractivity contribution < 1.29 is 9.53 Å². The van der Waals surface area contributed by atoms with Gasteiger partial charge in [0.05, 0.1) is 18.3 Å². The van der Waals surface area contributed by atoms with Crippen molar-refractivity contribution in [3.05, 3.63) is 0 Å². The molecule has 4 heteroatoms. The van der Waals surface area contributed by atoms with E-state index in [1.54, 1.807) is 7.11 Å². The number of amides is 1. The molecule has 0 radical (unpaired) electrons. The summed E-state index contributed by atoms with van der Waals surface area (Å²) in [6.45, 7) is 3.46. The van der Waals surface area contributed by atoms with E-state index in [4.69, 9.17) is 4.74 Å². The van der Waals surface area contributed by atoms with Crippen molar-refractivity contribution in [1.82, 2.24) is 10.2 Å². The van der Waals surface area contributed by atoms with Gasteiger partial charge in [-0.05, 0) is 19.3 Å². The fourth-order valence-corrected chi connectivity index (χ4v) is 2.98. The van der Waals surface area contributed by atoms with E-state index in [1.807, 2.05) is 4.90 Å². The van der Waals surface area contributed by atoms with Crippen molar-refractivity contribution in [2.24, 2.45) is 0 Å². The number of hydrogen-bond donors (Lipinski definition) is 1. The predicted octanol–water partition coefficient (Wildman–Crippen LogP) is 1.11. The lowest BCUT2D eigenvalue weighted by Gasteiger charge is -2.22. The lowest BCUT2D eigenvalue weighted by atomic mass is 9.98. The van der Waals surface area contributed by atoms with Gasteiger partial charge in [0, 0.05) is 13.7 Å². The third-order valence-corrected chi connectivity index (χ3v) is 3.87. The molecular formula is C12H22N2O2. The molecule has 0 bridgehead atoms. The van der Waals surface area contributed by atoms with Crippen LogP contribution < -0.4 is 5.32 Å². The summed E-state index contributed by atoms with van der Waals surface area (Å²) in [6.07, 6.45) is 5.54. The fourth-order valence-electron chi connectivity index (χ4n) is 2.98. The van der Waals surface area contributed by atoms with Gasteiger partial charge in [-0.2, -0.15) is 0 Å². The highest BCUT2D eigenvalue weighted by molar-refractivity contribution is 5.89. The number of carbonyl (C=O) groups is 1. The van der Waals surface area contributed by atoms with Gasteiger partial charge < -0.3 is 9.64 Å². The first-order valence-corrected chi connectivity index (χ1v) is 6.31. The van der Waals surface area contributed by atoms with Crippen LogP contribution in [-0.2, 0) is 9.53 Å². The Labute approximate surface area is 97.3 Å². The van der Waals surface area contributed by atoms with E-state index in [-0.39, 0.29) is 11.7 Å². The normalized spacial score (nSPS) is 28.2. The molecule has 1 atom stereocenters. The van der Waals surface area contributed by atoms with Crippen LogP contribution in [0.3, 0.4) is 0 Å². The number of methoxy groups -OCH3 is 1. The highest BCUT2D eigenvalue weighted by Gasteiger charge is 2.51. The first-order chi connectivity index (χ1) is 7.73. The Bertz CT molecular complexity index is 262. The number of carbonyl (C=O) groups excluding carboxylic acids is 1. The highest BCUT2D eigenvalue weighted by atomic mass is 16.5. The summed E-state index contributed by atoms with van der Waals surface area (Å²) in [6, 6.07) is 0. The molecule has 1 amide bonds. The number of nitrogens with zero attached hydrogens (tertiary/aromatic N) is 1. The van der Waals surface area contributed by atoms with Crippen molar-refractivity contribution in [3.8, 4) is 0 Å². The minimum absolute atomic E-state index is 0.209. The SMILES string of the molecule is CCC1NC2(CCCC2)C(=O)N1CCOC. The van der Waals surface area contributed by atoms with Gasteiger partial charge >= 0.3 is 0 Å². The zero-order chi connectivity index (χ0) is 11.6. The van der Waals surface area contributed by atoms with Crippen LogP contribution >= 0.6 is 0 Å². The van der Waals surface area contributed by atoms with E-state index >= 15 is 0 Å². The minimum Gasteiger partial charge on any atom is -0.383 e. The topological polar surface area (TPSA) is 41.6 Å². The van der Waals surface area contributed by atoms with Crippen LogP contribution in [-0.4, -0.2) is 42.8 Å². The molecule has 2 rings (SSSR count). The van der Waals surface area contributed by atoms with Crippen LogP contribution in [0.15, 0.2) is 0 Å². The third-order valence-electron chi connectivity index (χ3n) is 3.87. The average molecular weight is 226 g/mol. The molecule has 4 nitrogen and oxygen atoms in total. The van der Waals surface area contributed by atoms with Gasteiger partial charge in [-0.15, -0.1) is 0 Å². The number of nitrogens with one attached hydrogen (secondary N) is 1. The van der Waals surface area contributed by atoms with Gasteiger partial charge in [0.1, 0.15) is 0 Å². The van der Waals surface area contributed by atoms with Gasteiger partial charge in [0.25, 0.3) is 0 Å². The lowest BCUT2D eigenvalue weighted by molar-refractivity contribution is -0.133. The van der Waals surface area contributed by atoms with Gasteiger partial charge in [-0.25, -0.2) is 0 Å². The van der Waals surface area contributed by atoms with Crippen LogP contribution in [0.4, 0.5) is 0 Å². The van der Waals surface area contributed by atoms with Crippen LogP contribution in [0.2, 0.25) is 0 Å². The first kappa shape index (κ1) is 11.9. The van der Waals surface area contributed by atoms with Crippen LogP contribution in [0.1, 0.15) is 39.0 Å². The molecule has 1 heterocycles. The molecule has 16 heavy (non-hydrogen) atoms. The quantitative estimate of drug-likeness (QED) is 0.781. The maximum absolute atomic E-state index is 12.4. The molecule has 1 saturated carbocycles. The summed E-state index contributed by atoms with van der Waals surface area (Å²) in [5.74, 6) is 0.300. The number of rotatable bonds is 4. The Kier molecular flexibility index (Phi) is 3.50. The Morgan fingerprint density at radius 3 is 2.75 bits per heavy atom. The Hall–Kier alpha value is -0.610. The number of ether oxygens (including phenoxy) is 1. The van der Waals surface area contributed by atoms with Crippen molar-refractivity contribution in [3.63, 3.8) is 0 Å². The molecule has 1 saturated heterocycles. The third kappa shape index (κ3) is 1.84. The van der Waals surface area contributed by atoms with Crippen molar-refractivity contribution in [2.75, 3.05) is 20.3 Å². The second-order valence-electron chi connectivity index (χ2n) is 4.85. The van der Waals surface area contributed by atoms with Crippen molar-refractivity contribution in [1.29, 1.82) is 0 Å². The highest BCUT2D eigenvalue weighted by Crippen LogP contribution is 2.36. The first-order valence-electron chi connectivity index (χ1n) is 6.31. The second kappa shape index (κ2) is 4.72. The largest absolute Gasteiger partial charge is 0.383 e. The maximum Gasteiger partial charge on any atom is 0.244 e. The van der Waals surface area contributed by atoms with Crippen LogP contribution in [0.5, 0.6) is 0 Å². The Morgan fingerprint density at radius 2 is 2.19 bits per heavy atom. The van der Waals surface area contributed by atoms with Crippen molar-refractivity contribution in [2.45, 2.75) is 50.7 Å². The Morgan fingerprint density at radius 1 is 1.50 bits per heavy atom. The minimum atomic E-state index is -0.228. The van der Waals surface area contributed by atoms with E-state index in [0.29, 0.717) is 19.1 Å². The molecule has 0 aromatic heterocycles. The van der Waals surface area contributed by atoms with E-state index in [0.717, 1.165) is 19.3 Å². The van der Waals surface area contributed by atoms with Gasteiger partial charge in [0.15, 0.2) is 0 Å². The van der Waals surface area contributed by atoms with Gasteiger partial charge in [0.2, 0.25) is 5.91 Å². The summed E-state index contributed by atoms with van der Waals surface area (Å²) in [7, 11) is 1.68. The van der Waals surface area contributed by atoms with E-state index in [2.05, 4.69) is 12.2 Å². The molecule has 0 aromatic rings. The maximum atomic E-state index is 12.4. The molecule has 2 aliphatic rings. The van der Waals surface area contributed by atoms with Crippen LogP contribution in [0.25, 0.3) is 0 Å². The predicted molar refractivity (Wildman–Crippen MR) is 62.0 cm³/mol. The van der Waals surface area contributed by atoms with E-state index < -0.39 is 0 Å². The molecule has 1 aliphatic carbocycles. The molecular weight excluding hydrogens is 204 g/mol.